The van der Waals surface area contributed by atoms with Crippen LogP contribution in [0.25, 0.3) is 6.08 Å². The van der Waals surface area contributed by atoms with E-state index in [4.69, 9.17) is 0 Å². The number of rotatable bonds is 4. The summed E-state index contributed by atoms with van der Waals surface area (Å²) in [4.78, 5) is 0. The van der Waals surface area contributed by atoms with Crippen LogP contribution in [0.15, 0.2) is 36.4 Å². The van der Waals surface area contributed by atoms with Gasteiger partial charge in [-0.25, -0.2) is 0 Å². The summed E-state index contributed by atoms with van der Waals surface area (Å²) in [5.41, 5.74) is 1.28. The lowest BCUT2D eigenvalue weighted by Crippen LogP contribution is -2.37. The van der Waals surface area contributed by atoms with E-state index in [0.717, 1.165) is 18.5 Å². The molecule has 0 amide bonds. The Balaban J connectivity index is 1.73. The minimum Gasteiger partial charge on any atom is -0.310 e. The quantitative estimate of drug-likeness (QED) is 0.826. The second-order valence-corrected chi connectivity index (χ2v) is 5.09. The van der Waals surface area contributed by atoms with E-state index in [2.05, 4.69) is 54.7 Å². The molecule has 0 saturated heterocycles. The molecule has 2 rings (SSSR count). The lowest BCUT2D eigenvalue weighted by molar-refractivity contribution is 0.288. The fourth-order valence-corrected chi connectivity index (χ4v) is 2.60. The summed E-state index contributed by atoms with van der Waals surface area (Å²) in [6.07, 6.45) is 9.97. The first kappa shape index (κ1) is 12.4. The molecule has 1 heteroatoms. The molecule has 1 aromatic carbocycles. The first-order chi connectivity index (χ1) is 8.36. The Morgan fingerprint density at radius 1 is 1.18 bits per heavy atom. The second kappa shape index (κ2) is 6.61. The Labute approximate surface area is 105 Å². The fourth-order valence-electron chi connectivity index (χ4n) is 2.60. The van der Waals surface area contributed by atoms with Crippen molar-refractivity contribution in [3.63, 3.8) is 0 Å². The van der Waals surface area contributed by atoms with Crippen LogP contribution < -0.4 is 5.32 Å². The van der Waals surface area contributed by atoms with Crippen molar-refractivity contribution in [1.82, 2.24) is 5.32 Å². The third-order valence-corrected chi connectivity index (χ3v) is 3.72. The molecule has 0 aromatic heterocycles. The number of benzene rings is 1. The van der Waals surface area contributed by atoms with Gasteiger partial charge in [-0.1, -0.05) is 62.2 Å². The fraction of sp³-hybridized carbons (Fsp3) is 0.500. The minimum absolute atomic E-state index is 0.726. The van der Waals surface area contributed by atoms with Gasteiger partial charge < -0.3 is 5.32 Å². The summed E-state index contributed by atoms with van der Waals surface area (Å²) < 4.78 is 0. The first-order valence-electron chi connectivity index (χ1n) is 6.81. The molecule has 0 heterocycles. The van der Waals surface area contributed by atoms with Crippen LogP contribution >= 0.6 is 0 Å². The average Bonchev–Trinajstić information content (AvgIpc) is 2.38. The molecule has 1 N–H and O–H groups in total. The van der Waals surface area contributed by atoms with Gasteiger partial charge in [-0.05, 0) is 24.3 Å². The van der Waals surface area contributed by atoms with Crippen molar-refractivity contribution in [3.8, 4) is 0 Å². The van der Waals surface area contributed by atoms with Crippen molar-refractivity contribution >= 4 is 6.08 Å². The topological polar surface area (TPSA) is 12.0 Å². The molecule has 1 fully saturated rings. The largest absolute Gasteiger partial charge is 0.310 e. The zero-order chi connectivity index (χ0) is 11.9. The van der Waals surface area contributed by atoms with Crippen LogP contribution in [0, 0.1) is 5.92 Å². The molecular weight excluding hydrogens is 206 g/mol. The molecule has 0 bridgehead atoms. The van der Waals surface area contributed by atoms with Crippen LogP contribution in [-0.4, -0.2) is 12.6 Å². The van der Waals surface area contributed by atoms with Crippen molar-refractivity contribution in [1.29, 1.82) is 0 Å². The van der Waals surface area contributed by atoms with Crippen LogP contribution in [0.5, 0.6) is 0 Å². The number of nitrogens with one attached hydrogen (secondary N) is 1. The first-order valence-corrected chi connectivity index (χ1v) is 6.81. The molecule has 0 radical (unpaired) electrons. The van der Waals surface area contributed by atoms with Gasteiger partial charge >= 0.3 is 0 Å². The van der Waals surface area contributed by atoms with Crippen molar-refractivity contribution in [3.05, 3.63) is 42.0 Å². The molecule has 1 saturated carbocycles. The van der Waals surface area contributed by atoms with Gasteiger partial charge in [-0.2, -0.15) is 0 Å². The van der Waals surface area contributed by atoms with Crippen LogP contribution in [0.3, 0.4) is 0 Å². The maximum Gasteiger partial charge on any atom is 0.0140 e. The molecular formula is C16H23N. The van der Waals surface area contributed by atoms with Crippen LogP contribution in [0.4, 0.5) is 0 Å². The molecule has 2 unspecified atom stereocenters. The van der Waals surface area contributed by atoms with E-state index in [1.165, 1.54) is 31.2 Å². The highest BCUT2D eigenvalue weighted by molar-refractivity contribution is 5.48. The summed E-state index contributed by atoms with van der Waals surface area (Å²) in [7, 11) is 0. The van der Waals surface area contributed by atoms with Gasteiger partial charge in [0.25, 0.3) is 0 Å². The summed E-state index contributed by atoms with van der Waals surface area (Å²) in [6.45, 7) is 3.36. The highest BCUT2D eigenvalue weighted by Crippen LogP contribution is 2.23. The molecule has 92 valence electrons. The van der Waals surface area contributed by atoms with E-state index in [9.17, 15) is 0 Å². The van der Waals surface area contributed by atoms with Crippen molar-refractivity contribution < 1.29 is 0 Å². The van der Waals surface area contributed by atoms with Gasteiger partial charge in [0.1, 0.15) is 0 Å². The highest BCUT2D eigenvalue weighted by atomic mass is 14.9. The van der Waals surface area contributed by atoms with Gasteiger partial charge in [0.2, 0.25) is 0 Å². The molecule has 1 nitrogen and oxygen atoms in total. The zero-order valence-corrected chi connectivity index (χ0v) is 10.7. The SMILES string of the molecule is CC1CCCCC1NCC=Cc1ccccc1. The van der Waals surface area contributed by atoms with Crippen LogP contribution in [-0.2, 0) is 0 Å². The van der Waals surface area contributed by atoms with Gasteiger partial charge in [-0.15, -0.1) is 0 Å². The van der Waals surface area contributed by atoms with Crippen molar-refractivity contribution in [2.75, 3.05) is 6.54 Å². The molecule has 0 spiro atoms. The maximum atomic E-state index is 3.65. The van der Waals surface area contributed by atoms with Gasteiger partial charge in [0.05, 0.1) is 0 Å². The molecule has 0 aliphatic heterocycles. The lowest BCUT2D eigenvalue weighted by atomic mass is 9.86. The molecule has 1 aromatic rings. The second-order valence-electron chi connectivity index (χ2n) is 5.09. The summed E-state index contributed by atoms with van der Waals surface area (Å²) in [5.74, 6) is 0.842. The summed E-state index contributed by atoms with van der Waals surface area (Å²) in [5, 5.41) is 3.65. The van der Waals surface area contributed by atoms with E-state index >= 15 is 0 Å². The molecule has 17 heavy (non-hydrogen) atoms. The number of hydrogen-bond acceptors (Lipinski definition) is 1. The Bertz CT molecular complexity index is 342. The van der Waals surface area contributed by atoms with Crippen LogP contribution in [0.1, 0.15) is 38.2 Å². The Hall–Kier alpha value is -1.08. The van der Waals surface area contributed by atoms with E-state index in [1.54, 1.807) is 0 Å². The van der Waals surface area contributed by atoms with E-state index in [1.807, 2.05) is 0 Å². The monoisotopic (exact) mass is 229 g/mol. The number of hydrogen-bond donors (Lipinski definition) is 1. The maximum absolute atomic E-state index is 3.65. The molecule has 2 atom stereocenters. The van der Waals surface area contributed by atoms with E-state index < -0.39 is 0 Å². The minimum atomic E-state index is 0.726. The normalized spacial score (nSPS) is 25.2. The Morgan fingerprint density at radius 3 is 2.71 bits per heavy atom. The predicted octanol–water partition coefficient (Wildman–Crippen LogP) is 3.87. The zero-order valence-electron chi connectivity index (χ0n) is 10.7. The van der Waals surface area contributed by atoms with E-state index in [0.29, 0.717) is 0 Å². The Kier molecular flexibility index (Phi) is 4.81. The Morgan fingerprint density at radius 2 is 1.94 bits per heavy atom. The van der Waals surface area contributed by atoms with Gasteiger partial charge in [0, 0.05) is 12.6 Å². The lowest BCUT2D eigenvalue weighted by Gasteiger charge is -2.29. The average molecular weight is 229 g/mol. The summed E-state index contributed by atoms with van der Waals surface area (Å²) in [6, 6.07) is 11.2. The van der Waals surface area contributed by atoms with Gasteiger partial charge in [0.15, 0.2) is 0 Å². The molecule has 1 aliphatic carbocycles. The van der Waals surface area contributed by atoms with Crippen molar-refractivity contribution in [2.24, 2.45) is 5.92 Å². The standard InChI is InChI=1S/C16H23N/c1-14-8-5-6-12-16(14)17-13-7-11-15-9-3-2-4-10-15/h2-4,7,9-11,14,16-17H,5-6,8,12-13H2,1H3. The summed E-state index contributed by atoms with van der Waals surface area (Å²) >= 11 is 0. The predicted molar refractivity (Wildman–Crippen MR) is 74.9 cm³/mol. The third-order valence-electron chi connectivity index (χ3n) is 3.72. The third kappa shape index (κ3) is 4.01. The van der Waals surface area contributed by atoms with Crippen LogP contribution in [0.2, 0.25) is 0 Å². The highest BCUT2D eigenvalue weighted by Gasteiger charge is 2.19. The van der Waals surface area contributed by atoms with Crippen molar-refractivity contribution in [2.45, 2.75) is 38.6 Å². The smallest absolute Gasteiger partial charge is 0.0140 e. The van der Waals surface area contributed by atoms with Gasteiger partial charge in [-0.3, -0.25) is 0 Å². The molecule has 1 aliphatic rings. The van der Waals surface area contributed by atoms with E-state index in [-0.39, 0.29) is 0 Å².